The Labute approximate surface area is 187 Å². The van der Waals surface area contributed by atoms with Crippen molar-refractivity contribution >= 4 is 17.7 Å². The molecule has 0 unspecified atom stereocenters. The van der Waals surface area contributed by atoms with E-state index in [0.29, 0.717) is 45.4 Å². The van der Waals surface area contributed by atoms with Crippen LogP contribution in [0.1, 0.15) is 16.8 Å². The highest BCUT2D eigenvalue weighted by Gasteiger charge is 2.27. The number of rotatable bonds is 1. The number of morpholine rings is 1. The van der Waals surface area contributed by atoms with Crippen molar-refractivity contribution < 1.29 is 4.74 Å². The molecule has 4 heterocycles. The minimum Gasteiger partial charge on any atom is -0.378 e. The molecule has 2 saturated heterocycles. The Morgan fingerprint density at radius 1 is 1.09 bits per heavy atom. The molecule has 10 heteroatoms. The first-order valence-electron chi connectivity index (χ1n) is 10.5. The summed E-state index contributed by atoms with van der Waals surface area (Å²) in [5.41, 5.74) is 8.29. The number of nitrogens with two attached hydrogens (primary N) is 1. The predicted molar refractivity (Wildman–Crippen MR) is 121 cm³/mol. The lowest BCUT2D eigenvalue weighted by molar-refractivity contribution is 0.0620. The summed E-state index contributed by atoms with van der Waals surface area (Å²) < 4.78 is 5.43. The van der Waals surface area contributed by atoms with Gasteiger partial charge in [0.15, 0.2) is 0 Å². The molecule has 0 radical (unpaired) electrons. The van der Waals surface area contributed by atoms with Gasteiger partial charge in [0.1, 0.15) is 5.82 Å². The van der Waals surface area contributed by atoms with Gasteiger partial charge < -0.3 is 25.2 Å². The van der Waals surface area contributed by atoms with Crippen molar-refractivity contribution in [2.45, 2.75) is 6.92 Å². The smallest absolute Gasteiger partial charge is 0.222 e. The molecular weight excluding hydrogens is 406 g/mol. The molecule has 2 aromatic heterocycles. The molecule has 2 aromatic rings. The number of pyridine rings is 1. The normalized spacial score (nSPS) is 16.9. The fourth-order valence-corrected chi connectivity index (χ4v) is 3.79. The quantitative estimate of drug-likeness (QED) is 0.297. The Kier molecular flexibility index (Phi) is 6.63. The standard InChI is InChI=1S/C22H25N9O/c1-17-19(5-4-18-3-2-6-25-15-18)20(28-21(24)27-17)29-7-9-30(10-8-29)22(26-16-23)31-11-13-32-14-12-31/h2-3,6,15H,7-14H2,1H3,(H2,24,27,28). The zero-order valence-corrected chi connectivity index (χ0v) is 18.0. The number of nitrogen functional groups attached to an aromatic ring is 1. The van der Waals surface area contributed by atoms with Gasteiger partial charge in [-0.2, -0.15) is 10.2 Å². The van der Waals surface area contributed by atoms with E-state index in [2.05, 4.69) is 46.5 Å². The topological polar surface area (TPSA) is 120 Å². The molecule has 10 nitrogen and oxygen atoms in total. The number of nitrogens with zero attached hydrogens (tertiary/aromatic N) is 8. The first kappa shape index (κ1) is 21.3. The van der Waals surface area contributed by atoms with Gasteiger partial charge >= 0.3 is 0 Å². The molecule has 164 valence electrons. The van der Waals surface area contributed by atoms with E-state index in [1.54, 1.807) is 12.4 Å². The van der Waals surface area contributed by atoms with E-state index in [1.807, 2.05) is 25.2 Å². The highest BCUT2D eigenvalue weighted by Crippen LogP contribution is 2.23. The number of aliphatic imine (C=N–C) groups is 1. The number of nitriles is 1. The Morgan fingerprint density at radius 3 is 2.53 bits per heavy atom. The molecule has 0 aromatic carbocycles. The molecule has 32 heavy (non-hydrogen) atoms. The summed E-state index contributed by atoms with van der Waals surface area (Å²) >= 11 is 0. The molecule has 0 bridgehead atoms. The van der Waals surface area contributed by atoms with E-state index in [-0.39, 0.29) is 5.95 Å². The number of aryl methyl sites for hydroxylation is 1. The molecule has 2 aliphatic rings. The van der Waals surface area contributed by atoms with Gasteiger partial charge in [0.25, 0.3) is 0 Å². The lowest BCUT2D eigenvalue weighted by Gasteiger charge is -2.41. The number of piperazine rings is 1. The fraction of sp³-hybridized carbons (Fsp3) is 0.409. The van der Waals surface area contributed by atoms with Gasteiger partial charge in [-0.15, -0.1) is 4.99 Å². The van der Waals surface area contributed by atoms with Gasteiger partial charge in [-0.3, -0.25) is 4.98 Å². The zero-order chi connectivity index (χ0) is 22.3. The Bertz CT molecular complexity index is 1070. The summed E-state index contributed by atoms with van der Waals surface area (Å²) in [6.07, 6.45) is 5.39. The van der Waals surface area contributed by atoms with Crippen molar-refractivity contribution in [2.75, 3.05) is 63.1 Å². The molecule has 0 aliphatic carbocycles. The third-order valence-corrected chi connectivity index (χ3v) is 5.39. The van der Waals surface area contributed by atoms with Crippen molar-refractivity contribution in [3.05, 3.63) is 41.3 Å². The van der Waals surface area contributed by atoms with E-state index < -0.39 is 0 Å². The third-order valence-electron chi connectivity index (χ3n) is 5.39. The van der Waals surface area contributed by atoms with Crippen LogP contribution < -0.4 is 10.6 Å². The van der Waals surface area contributed by atoms with Crippen LogP contribution in [0.3, 0.4) is 0 Å². The first-order chi connectivity index (χ1) is 15.7. The van der Waals surface area contributed by atoms with E-state index in [9.17, 15) is 5.26 Å². The van der Waals surface area contributed by atoms with Crippen molar-refractivity contribution in [1.82, 2.24) is 24.8 Å². The molecule has 2 N–H and O–H groups in total. The van der Waals surface area contributed by atoms with E-state index in [4.69, 9.17) is 10.5 Å². The van der Waals surface area contributed by atoms with Crippen LogP contribution in [0.4, 0.5) is 11.8 Å². The largest absolute Gasteiger partial charge is 0.378 e. The number of ether oxygens (including phenoxy) is 1. The van der Waals surface area contributed by atoms with Crippen LogP contribution in [-0.2, 0) is 4.74 Å². The van der Waals surface area contributed by atoms with E-state index in [1.165, 1.54) is 0 Å². The third kappa shape index (κ3) is 4.88. The number of aromatic nitrogens is 3. The summed E-state index contributed by atoms with van der Waals surface area (Å²) in [5, 5.41) is 9.20. The van der Waals surface area contributed by atoms with Crippen LogP contribution >= 0.6 is 0 Å². The molecule has 2 aliphatic heterocycles. The molecule has 0 spiro atoms. The van der Waals surface area contributed by atoms with Gasteiger partial charge in [0.2, 0.25) is 18.1 Å². The van der Waals surface area contributed by atoms with Crippen LogP contribution in [0.2, 0.25) is 0 Å². The second-order valence-electron chi connectivity index (χ2n) is 7.44. The van der Waals surface area contributed by atoms with Gasteiger partial charge in [-0.25, -0.2) is 4.98 Å². The van der Waals surface area contributed by atoms with Crippen molar-refractivity contribution in [1.29, 1.82) is 5.26 Å². The maximum absolute atomic E-state index is 9.20. The van der Waals surface area contributed by atoms with Crippen LogP contribution in [0.5, 0.6) is 0 Å². The number of anilines is 2. The average molecular weight is 432 g/mol. The average Bonchev–Trinajstić information content (AvgIpc) is 2.83. The highest BCUT2D eigenvalue weighted by molar-refractivity contribution is 5.81. The molecular formula is C22H25N9O. The monoisotopic (exact) mass is 431 g/mol. The molecule has 2 fully saturated rings. The molecule has 4 rings (SSSR count). The Morgan fingerprint density at radius 2 is 1.84 bits per heavy atom. The second-order valence-corrected chi connectivity index (χ2v) is 7.44. The van der Waals surface area contributed by atoms with Crippen molar-refractivity contribution in [3.63, 3.8) is 0 Å². The summed E-state index contributed by atoms with van der Waals surface area (Å²) in [4.78, 5) is 23.5. The maximum atomic E-state index is 9.20. The van der Waals surface area contributed by atoms with E-state index >= 15 is 0 Å². The van der Waals surface area contributed by atoms with Crippen molar-refractivity contribution in [2.24, 2.45) is 4.99 Å². The summed E-state index contributed by atoms with van der Waals surface area (Å²) in [6, 6.07) is 3.76. The second kappa shape index (κ2) is 9.94. The lowest BCUT2D eigenvalue weighted by Crippen LogP contribution is -2.55. The Balaban J connectivity index is 1.54. The van der Waals surface area contributed by atoms with Gasteiger partial charge in [0, 0.05) is 57.2 Å². The van der Waals surface area contributed by atoms with Crippen molar-refractivity contribution in [3.8, 4) is 18.0 Å². The van der Waals surface area contributed by atoms with Gasteiger partial charge in [0.05, 0.1) is 24.5 Å². The summed E-state index contributed by atoms with van der Waals surface area (Å²) in [7, 11) is 0. The van der Waals surface area contributed by atoms with Crippen LogP contribution in [-0.4, -0.2) is 83.2 Å². The molecule has 0 amide bonds. The molecule has 0 saturated carbocycles. The summed E-state index contributed by atoms with van der Waals surface area (Å²) in [5.74, 6) is 8.03. The maximum Gasteiger partial charge on any atom is 0.222 e. The first-order valence-corrected chi connectivity index (χ1v) is 10.5. The fourth-order valence-electron chi connectivity index (χ4n) is 3.79. The number of guanidine groups is 1. The summed E-state index contributed by atoms with van der Waals surface area (Å²) in [6.45, 7) is 7.45. The lowest BCUT2D eigenvalue weighted by atomic mass is 10.1. The number of hydrogen-bond acceptors (Lipinski definition) is 8. The minimum absolute atomic E-state index is 0.229. The van der Waals surface area contributed by atoms with Gasteiger partial charge in [-0.05, 0) is 19.1 Å². The van der Waals surface area contributed by atoms with Crippen LogP contribution in [0.25, 0.3) is 0 Å². The predicted octanol–water partition coefficient (Wildman–Crippen LogP) is 0.453. The van der Waals surface area contributed by atoms with Gasteiger partial charge in [-0.1, -0.05) is 11.8 Å². The van der Waals surface area contributed by atoms with Crippen LogP contribution in [0.15, 0.2) is 29.5 Å². The SMILES string of the molecule is Cc1nc(N)nc(N2CCN(C(=NC#N)N3CCOCC3)CC2)c1C#Cc1cccnc1. The van der Waals surface area contributed by atoms with E-state index in [0.717, 1.165) is 35.7 Å². The number of hydrogen-bond donors (Lipinski definition) is 1. The zero-order valence-electron chi connectivity index (χ0n) is 18.0. The highest BCUT2D eigenvalue weighted by atomic mass is 16.5. The van der Waals surface area contributed by atoms with Crippen LogP contribution in [0, 0.1) is 30.2 Å². The Hall–Kier alpha value is -3.89. The minimum atomic E-state index is 0.229. The molecule has 0 atom stereocenters.